The normalized spacial score (nSPS) is 19.1. The number of benzene rings is 1. The Labute approximate surface area is 139 Å². The monoisotopic (exact) mass is 316 g/mol. The predicted octanol–water partition coefficient (Wildman–Crippen LogP) is 2.16. The molecule has 5 heteroatoms. The smallest absolute Gasteiger partial charge is 0.274 e. The molecule has 0 saturated carbocycles. The highest BCUT2D eigenvalue weighted by atomic mass is 16.2. The molecule has 0 aromatic heterocycles. The summed E-state index contributed by atoms with van der Waals surface area (Å²) < 4.78 is 0. The van der Waals surface area contributed by atoms with Gasteiger partial charge in [0.05, 0.1) is 5.70 Å². The van der Waals surface area contributed by atoms with Gasteiger partial charge >= 0.3 is 0 Å². The highest BCUT2D eigenvalue weighted by Gasteiger charge is 2.28. The SMILES string of the molecule is CC.CN1CCN(C2=CCCN(c3ccc(N)cc3)C2=O)CC1. The van der Waals surface area contributed by atoms with Crippen molar-refractivity contribution in [2.24, 2.45) is 0 Å². The van der Waals surface area contributed by atoms with Gasteiger partial charge < -0.3 is 20.4 Å². The molecule has 1 saturated heterocycles. The fraction of sp³-hybridized carbons (Fsp3) is 0.500. The van der Waals surface area contributed by atoms with Crippen LogP contribution in [0, 0.1) is 0 Å². The highest BCUT2D eigenvalue weighted by Crippen LogP contribution is 2.24. The number of carbonyl (C=O) groups excluding carboxylic acids is 1. The third-order valence-electron chi connectivity index (χ3n) is 4.20. The van der Waals surface area contributed by atoms with Gasteiger partial charge in [0.1, 0.15) is 0 Å². The number of carbonyl (C=O) groups is 1. The van der Waals surface area contributed by atoms with E-state index in [1.807, 2.05) is 43.0 Å². The second-order valence-corrected chi connectivity index (χ2v) is 5.72. The van der Waals surface area contributed by atoms with Crippen molar-refractivity contribution in [2.45, 2.75) is 20.3 Å². The van der Waals surface area contributed by atoms with E-state index in [2.05, 4.69) is 22.9 Å². The number of anilines is 2. The Hall–Kier alpha value is -2.01. The Kier molecular flexibility index (Phi) is 6.04. The molecule has 2 heterocycles. The van der Waals surface area contributed by atoms with Crippen LogP contribution in [0.25, 0.3) is 0 Å². The van der Waals surface area contributed by atoms with Crippen molar-refractivity contribution in [3.05, 3.63) is 36.0 Å². The lowest BCUT2D eigenvalue weighted by atomic mass is 10.1. The minimum absolute atomic E-state index is 0.107. The first-order chi connectivity index (χ1) is 11.1. The lowest BCUT2D eigenvalue weighted by Gasteiger charge is -2.38. The van der Waals surface area contributed by atoms with Gasteiger partial charge in [0, 0.05) is 44.1 Å². The van der Waals surface area contributed by atoms with E-state index in [4.69, 9.17) is 5.73 Å². The summed E-state index contributed by atoms with van der Waals surface area (Å²) in [5, 5.41) is 0. The largest absolute Gasteiger partial charge is 0.399 e. The Morgan fingerprint density at radius 2 is 1.57 bits per heavy atom. The zero-order valence-electron chi connectivity index (χ0n) is 14.5. The second kappa shape index (κ2) is 8.02. The molecule has 3 rings (SSSR count). The van der Waals surface area contributed by atoms with E-state index in [1.54, 1.807) is 0 Å². The quantitative estimate of drug-likeness (QED) is 0.850. The van der Waals surface area contributed by atoms with Crippen LogP contribution in [-0.4, -0.2) is 55.5 Å². The summed E-state index contributed by atoms with van der Waals surface area (Å²) in [6, 6.07) is 7.52. The molecule has 0 unspecified atom stereocenters. The molecule has 2 aliphatic rings. The van der Waals surface area contributed by atoms with Crippen LogP contribution in [0.5, 0.6) is 0 Å². The van der Waals surface area contributed by atoms with E-state index < -0.39 is 0 Å². The fourth-order valence-electron chi connectivity index (χ4n) is 2.87. The van der Waals surface area contributed by atoms with Crippen LogP contribution in [0.4, 0.5) is 11.4 Å². The Bertz CT molecular complexity index is 545. The van der Waals surface area contributed by atoms with Gasteiger partial charge in [-0.2, -0.15) is 0 Å². The number of nitrogen functional groups attached to an aromatic ring is 1. The zero-order valence-corrected chi connectivity index (χ0v) is 14.5. The predicted molar refractivity (Wildman–Crippen MR) is 96.3 cm³/mol. The molecular formula is C18H28N4O. The van der Waals surface area contributed by atoms with Crippen molar-refractivity contribution < 1.29 is 4.79 Å². The third kappa shape index (κ3) is 4.05. The van der Waals surface area contributed by atoms with Gasteiger partial charge in [-0.05, 0) is 37.7 Å². The first-order valence-corrected chi connectivity index (χ1v) is 8.46. The van der Waals surface area contributed by atoms with Crippen molar-refractivity contribution in [1.82, 2.24) is 9.80 Å². The van der Waals surface area contributed by atoms with E-state index in [0.717, 1.165) is 56.2 Å². The molecule has 1 amide bonds. The molecule has 1 aromatic carbocycles. The van der Waals surface area contributed by atoms with Crippen molar-refractivity contribution in [1.29, 1.82) is 0 Å². The van der Waals surface area contributed by atoms with E-state index in [-0.39, 0.29) is 5.91 Å². The average Bonchev–Trinajstić information content (AvgIpc) is 2.59. The molecule has 0 aliphatic carbocycles. The van der Waals surface area contributed by atoms with Gasteiger partial charge in [-0.25, -0.2) is 0 Å². The van der Waals surface area contributed by atoms with Crippen molar-refractivity contribution in [2.75, 3.05) is 50.4 Å². The molecule has 0 spiro atoms. The number of likely N-dealkylation sites (N-methyl/N-ethyl adjacent to an activating group) is 1. The molecule has 0 radical (unpaired) electrons. The van der Waals surface area contributed by atoms with Crippen LogP contribution in [-0.2, 0) is 4.79 Å². The number of piperazine rings is 1. The van der Waals surface area contributed by atoms with Crippen molar-refractivity contribution >= 4 is 17.3 Å². The Morgan fingerprint density at radius 3 is 2.17 bits per heavy atom. The van der Waals surface area contributed by atoms with Crippen LogP contribution in [0.2, 0.25) is 0 Å². The van der Waals surface area contributed by atoms with Gasteiger partial charge in [-0.15, -0.1) is 0 Å². The summed E-state index contributed by atoms with van der Waals surface area (Å²) in [7, 11) is 2.12. The maximum absolute atomic E-state index is 12.8. The van der Waals surface area contributed by atoms with Crippen LogP contribution < -0.4 is 10.6 Å². The maximum Gasteiger partial charge on any atom is 0.274 e. The summed E-state index contributed by atoms with van der Waals surface area (Å²) in [6.45, 7) is 8.59. The average molecular weight is 316 g/mol. The molecule has 0 bridgehead atoms. The standard InChI is InChI=1S/C16H22N4O.C2H6/c1-18-9-11-19(12-10-18)15-3-2-8-20(16(15)21)14-6-4-13(17)5-7-14;1-2/h3-7H,2,8-12,17H2,1H3;1-2H3. The minimum atomic E-state index is 0.107. The molecule has 2 N–H and O–H groups in total. The number of hydrogen-bond acceptors (Lipinski definition) is 4. The van der Waals surface area contributed by atoms with Crippen molar-refractivity contribution in [3.63, 3.8) is 0 Å². The van der Waals surface area contributed by atoms with E-state index in [0.29, 0.717) is 0 Å². The van der Waals surface area contributed by atoms with E-state index >= 15 is 0 Å². The van der Waals surface area contributed by atoms with Gasteiger partial charge in [0.2, 0.25) is 0 Å². The number of rotatable bonds is 2. The van der Waals surface area contributed by atoms with Crippen LogP contribution in [0.3, 0.4) is 0 Å². The summed E-state index contributed by atoms with van der Waals surface area (Å²) in [4.78, 5) is 19.1. The molecular weight excluding hydrogens is 288 g/mol. The maximum atomic E-state index is 12.8. The highest BCUT2D eigenvalue weighted by molar-refractivity contribution is 6.06. The minimum Gasteiger partial charge on any atom is -0.399 e. The number of nitrogens with two attached hydrogens (primary N) is 1. The van der Waals surface area contributed by atoms with Gasteiger partial charge in [0.25, 0.3) is 5.91 Å². The van der Waals surface area contributed by atoms with E-state index in [9.17, 15) is 4.79 Å². The number of hydrogen-bond donors (Lipinski definition) is 1. The summed E-state index contributed by atoms with van der Waals surface area (Å²) >= 11 is 0. The molecule has 5 nitrogen and oxygen atoms in total. The fourth-order valence-corrected chi connectivity index (χ4v) is 2.87. The Balaban J connectivity index is 0.000000924. The van der Waals surface area contributed by atoms with Crippen LogP contribution in [0.1, 0.15) is 20.3 Å². The van der Waals surface area contributed by atoms with Gasteiger partial charge in [-0.1, -0.05) is 19.9 Å². The van der Waals surface area contributed by atoms with Gasteiger partial charge in [-0.3, -0.25) is 4.79 Å². The molecule has 1 aromatic rings. The first kappa shape index (κ1) is 17.3. The lowest BCUT2D eigenvalue weighted by molar-refractivity contribution is -0.117. The molecule has 2 aliphatic heterocycles. The number of amides is 1. The summed E-state index contributed by atoms with van der Waals surface area (Å²) in [5.74, 6) is 0.107. The summed E-state index contributed by atoms with van der Waals surface area (Å²) in [6.07, 6.45) is 2.99. The topological polar surface area (TPSA) is 52.8 Å². The third-order valence-corrected chi connectivity index (χ3v) is 4.20. The number of nitrogens with zero attached hydrogens (tertiary/aromatic N) is 3. The molecule has 0 atom stereocenters. The van der Waals surface area contributed by atoms with E-state index in [1.165, 1.54) is 0 Å². The van der Waals surface area contributed by atoms with Crippen LogP contribution in [0.15, 0.2) is 36.0 Å². The summed E-state index contributed by atoms with van der Waals surface area (Å²) in [5.41, 5.74) is 8.22. The van der Waals surface area contributed by atoms with Gasteiger partial charge in [0.15, 0.2) is 0 Å². The lowest BCUT2D eigenvalue weighted by Crippen LogP contribution is -2.49. The van der Waals surface area contributed by atoms with Crippen molar-refractivity contribution in [3.8, 4) is 0 Å². The molecule has 1 fully saturated rings. The Morgan fingerprint density at radius 1 is 0.957 bits per heavy atom. The molecule has 126 valence electrons. The molecule has 23 heavy (non-hydrogen) atoms. The first-order valence-electron chi connectivity index (χ1n) is 8.46. The second-order valence-electron chi connectivity index (χ2n) is 5.72. The zero-order chi connectivity index (χ0) is 16.8. The van der Waals surface area contributed by atoms with Crippen LogP contribution >= 0.6 is 0 Å².